The van der Waals surface area contributed by atoms with Crippen LogP contribution in [0.2, 0.25) is 15.1 Å². The van der Waals surface area contributed by atoms with E-state index < -0.39 is 22.0 Å². The lowest BCUT2D eigenvalue weighted by Crippen LogP contribution is -2.48. The molecule has 5 nitrogen and oxygen atoms in total. The van der Waals surface area contributed by atoms with Gasteiger partial charge in [-0.05, 0) is 54.8 Å². The molecule has 0 aromatic heterocycles. The Hall–Kier alpha value is -2.09. The summed E-state index contributed by atoms with van der Waals surface area (Å²) in [5, 5.41) is 3.68. The Kier molecular flexibility index (Phi) is 8.20. The lowest BCUT2D eigenvalue weighted by Gasteiger charge is -2.22. The lowest BCUT2D eigenvalue weighted by atomic mass is 10.0. The molecule has 0 bridgehead atoms. The Bertz CT molecular complexity index is 1190. The minimum Gasteiger partial charge on any atom is -0.348 e. The predicted octanol–water partition coefficient (Wildman–Crippen LogP) is 5.41. The Morgan fingerprint density at radius 1 is 0.906 bits per heavy atom. The topological polar surface area (TPSA) is 75.3 Å². The van der Waals surface area contributed by atoms with Gasteiger partial charge in [-0.15, -0.1) is 0 Å². The summed E-state index contributed by atoms with van der Waals surface area (Å²) in [5.41, 5.74) is 1.63. The first-order valence-corrected chi connectivity index (χ1v) is 12.3. The molecule has 168 valence electrons. The maximum Gasteiger partial charge on any atom is 0.242 e. The van der Waals surface area contributed by atoms with Crippen molar-refractivity contribution in [1.29, 1.82) is 0 Å². The van der Waals surface area contributed by atoms with Crippen LogP contribution in [0.5, 0.6) is 0 Å². The molecule has 0 heterocycles. The molecule has 0 saturated heterocycles. The first-order valence-electron chi connectivity index (χ1n) is 9.73. The molecule has 3 aromatic rings. The number of rotatable bonds is 8. The quantitative estimate of drug-likeness (QED) is 0.424. The van der Waals surface area contributed by atoms with E-state index in [0.29, 0.717) is 5.02 Å². The van der Waals surface area contributed by atoms with E-state index in [4.69, 9.17) is 34.8 Å². The average Bonchev–Trinajstić information content (AvgIpc) is 2.76. The normalized spacial score (nSPS) is 13.4. The molecule has 9 heteroatoms. The van der Waals surface area contributed by atoms with Gasteiger partial charge in [0, 0.05) is 10.0 Å². The first-order chi connectivity index (χ1) is 15.2. The summed E-state index contributed by atoms with van der Waals surface area (Å²) in [4.78, 5) is 12.9. The second kappa shape index (κ2) is 10.7. The van der Waals surface area contributed by atoms with Gasteiger partial charge in [-0.3, -0.25) is 4.79 Å². The van der Waals surface area contributed by atoms with Crippen LogP contribution < -0.4 is 10.0 Å². The number of sulfonamides is 1. The fourth-order valence-corrected chi connectivity index (χ4v) is 5.20. The van der Waals surface area contributed by atoms with Crippen LogP contribution in [0.4, 0.5) is 0 Å². The van der Waals surface area contributed by atoms with Gasteiger partial charge >= 0.3 is 0 Å². The molecule has 32 heavy (non-hydrogen) atoms. The molecule has 2 N–H and O–H groups in total. The molecule has 0 aliphatic carbocycles. The van der Waals surface area contributed by atoms with Crippen molar-refractivity contribution >= 4 is 50.7 Å². The van der Waals surface area contributed by atoms with Crippen LogP contribution in [0.3, 0.4) is 0 Å². The molecular formula is C23H21Cl3N2O3S. The maximum atomic E-state index is 13.1. The summed E-state index contributed by atoms with van der Waals surface area (Å²) >= 11 is 18.0. The predicted molar refractivity (Wildman–Crippen MR) is 129 cm³/mol. The molecule has 0 spiro atoms. The van der Waals surface area contributed by atoms with Crippen molar-refractivity contribution in [2.24, 2.45) is 0 Å². The molecule has 3 aromatic carbocycles. The monoisotopic (exact) mass is 510 g/mol. The summed E-state index contributed by atoms with van der Waals surface area (Å²) in [5.74, 6) is -0.474. The van der Waals surface area contributed by atoms with E-state index in [-0.39, 0.29) is 27.4 Å². The average molecular weight is 512 g/mol. The largest absolute Gasteiger partial charge is 0.348 e. The number of benzene rings is 3. The molecule has 0 unspecified atom stereocenters. The van der Waals surface area contributed by atoms with E-state index in [1.54, 1.807) is 24.3 Å². The van der Waals surface area contributed by atoms with Crippen LogP contribution in [-0.4, -0.2) is 20.4 Å². The Morgan fingerprint density at radius 2 is 1.53 bits per heavy atom. The number of carbonyl (C=O) groups is 1. The summed E-state index contributed by atoms with van der Waals surface area (Å²) in [6.45, 7) is 1.81. The van der Waals surface area contributed by atoms with Gasteiger partial charge in [0.05, 0.1) is 11.1 Å². The van der Waals surface area contributed by atoms with Crippen LogP contribution in [-0.2, 0) is 21.2 Å². The van der Waals surface area contributed by atoms with Crippen molar-refractivity contribution in [2.45, 2.75) is 30.3 Å². The van der Waals surface area contributed by atoms with E-state index in [2.05, 4.69) is 10.0 Å². The van der Waals surface area contributed by atoms with Crippen molar-refractivity contribution in [1.82, 2.24) is 10.0 Å². The molecule has 0 aliphatic heterocycles. The molecule has 1 amide bonds. The minimum absolute atomic E-state index is 0.00954. The highest BCUT2D eigenvalue weighted by molar-refractivity contribution is 7.89. The van der Waals surface area contributed by atoms with Crippen LogP contribution in [0.1, 0.15) is 24.1 Å². The number of hydrogen-bond acceptors (Lipinski definition) is 3. The van der Waals surface area contributed by atoms with E-state index >= 15 is 0 Å². The van der Waals surface area contributed by atoms with Crippen LogP contribution in [0, 0.1) is 0 Å². The standard InChI is InChI=1S/C23H21Cl3N2O3S/c1-15(17-7-9-18(24)10-8-17)27-23(29)21(13-16-5-3-2-4-6-16)28-32(30,31)22-14-19(25)11-12-20(22)26/h2-12,14-15,21,28H,13H2,1H3,(H,27,29)/t15-,21+/m0/s1. The summed E-state index contributed by atoms with van der Waals surface area (Å²) < 4.78 is 28.6. The number of amides is 1. The van der Waals surface area contributed by atoms with Gasteiger partial charge < -0.3 is 5.32 Å². The number of nitrogens with one attached hydrogen (secondary N) is 2. The smallest absolute Gasteiger partial charge is 0.242 e. The molecule has 0 saturated carbocycles. The van der Waals surface area contributed by atoms with Crippen molar-refractivity contribution in [2.75, 3.05) is 0 Å². The van der Waals surface area contributed by atoms with Gasteiger partial charge in [0.15, 0.2) is 0 Å². The van der Waals surface area contributed by atoms with Crippen LogP contribution in [0.25, 0.3) is 0 Å². The Labute approximate surface area is 202 Å². The molecule has 0 aliphatic rings. The maximum absolute atomic E-state index is 13.1. The molecular weight excluding hydrogens is 491 g/mol. The van der Waals surface area contributed by atoms with Crippen LogP contribution >= 0.6 is 34.8 Å². The Morgan fingerprint density at radius 3 is 2.19 bits per heavy atom. The highest BCUT2D eigenvalue weighted by atomic mass is 35.5. The second-order valence-corrected chi connectivity index (χ2v) is 10.2. The van der Waals surface area contributed by atoms with Gasteiger partial charge in [-0.2, -0.15) is 4.72 Å². The fourth-order valence-electron chi connectivity index (χ4n) is 3.12. The van der Waals surface area contributed by atoms with Gasteiger partial charge in [-0.1, -0.05) is 77.3 Å². The highest BCUT2D eigenvalue weighted by Crippen LogP contribution is 2.25. The number of halogens is 3. The molecule has 3 rings (SSSR count). The first kappa shape index (κ1) is 24.6. The third-order valence-electron chi connectivity index (χ3n) is 4.81. The van der Waals surface area contributed by atoms with Crippen molar-refractivity contribution in [3.05, 3.63) is 99.0 Å². The number of hydrogen-bond donors (Lipinski definition) is 2. The van der Waals surface area contributed by atoms with Gasteiger partial charge in [0.2, 0.25) is 15.9 Å². The third-order valence-corrected chi connectivity index (χ3v) is 7.25. The molecule has 0 fully saturated rings. The van der Waals surface area contributed by atoms with Gasteiger partial charge in [-0.25, -0.2) is 8.42 Å². The Balaban J connectivity index is 1.86. The molecule has 2 atom stereocenters. The van der Waals surface area contributed by atoms with E-state index in [9.17, 15) is 13.2 Å². The van der Waals surface area contributed by atoms with Crippen molar-refractivity contribution in [3.8, 4) is 0 Å². The highest BCUT2D eigenvalue weighted by Gasteiger charge is 2.28. The fraction of sp³-hybridized carbons (Fsp3) is 0.174. The minimum atomic E-state index is -4.13. The third kappa shape index (κ3) is 6.47. The van der Waals surface area contributed by atoms with Gasteiger partial charge in [0.25, 0.3) is 0 Å². The van der Waals surface area contributed by atoms with Crippen molar-refractivity contribution in [3.63, 3.8) is 0 Å². The number of carbonyl (C=O) groups excluding carboxylic acids is 1. The van der Waals surface area contributed by atoms with Gasteiger partial charge in [0.1, 0.15) is 10.9 Å². The second-order valence-electron chi connectivity index (χ2n) is 7.22. The summed E-state index contributed by atoms with van der Waals surface area (Å²) in [7, 11) is -4.13. The van der Waals surface area contributed by atoms with Crippen molar-refractivity contribution < 1.29 is 13.2 Å². The van der Waals surface area contributed by atoms with E-state index in [0.717, 1.165) is 11.1 Å². The summed E-state index contributed by atoms with van der Waals surface area (Å²) in [6.07, 6.45) is 0.150. The van der Waals surface area contributed by atoms with E-state index in [1.807, 2.05) is 37.3 Å². The zero-order chi connectivity index (χ0) is 23.3. The SMILES string of the molecule is C[C@H](NC(=O)[C@@H](Cc1ccccc1)NS(=O)(=O)c1cc(Cl)ccc1Cl)c1ccc(Cl)cc1. The van der Waals surface area contributed by atoms with E-state index in [1.165, 1.54) is 18.2 Å². The zero-order valence-electron chi connectivity index (χ0n) is 17.1. The lowest BCUT2D eigenvalue weighted by molar-refractivity contribution is -0.123. The van der Waals surface area contributed by atoms with Crippen LogP contribution in [0.15, 0.2) is 77.7 Å². The summed E-state index contributed by atoms with van der Waals surface area (Å²) in [6, 6.07) is 18.9. The zero-order valence-corrected chi connectivity index (χ0v) is 20.1. The molecule has 0 radical (unpaired) electrons.